The fraction of sp³-hybridized carbons (Fsp3) is 0.750. The van der Waals surface area contributed by atoms with Gasteiger partial charge in [0.25, 0.3) is 11.4 Å². The molecule has 0 aromatic carbocycles. The quantitative estimate of drug-likeness (QED) is 0.0174. The van der Waals surface area contributed by atoms with Crippen molar-refractivity contribution in [3.05, 3.63) is 0 Å². The van der Waals surface area contributed by atoms with Crippen molar-refractivity contribution in [3.8, 4) is 0 Å². The van der Waals surface area contributed by atoms with Crippen molar-refractivity contribution in [2.24, 2.45) is 21.7 Å². The van der Waals surface area contributed by atoms with E-state index in [-0.39, 0.29) is 59.8 Å². The van der Waals surface area contributed by atoms with Crippen molar-refractivity contribution in [1.29, 1.82) is 10.8 Å². The van der Waals surface area contributed by atoms with Crippen LogP contribution in [0, 0.1) is 10.8 Å². The molecular formula is C8H25ClN7NaO11S3. The molecule has 0 aliphatic rings. The molecular weight excluding hydrogens is 525 g/mol. The van der Waals surface area contributed by atoms with Gasteiger partial charge in [0.05, 0.1) is 0 Å². The Morgan fingerprint density at radius 2 is 1.19 bits per heavy atom. The van der Waals surface area contributed by atoms with E-state index in [0.29, 0.717) is 0 Å². The van der Waals surface area contributed by atoms with Gasteiger partial charge in [-0.3, -0.25) is 24.5 Å². The van der Waals surface area contributed by atoms with E-state index in [9.17, 15) is 21.4 Å². The first-order valence-corrected chi connectivity index (χ1v) is 10.0. The average molecular weight is 550 g/mol. The van der Waals surface area contributed by atoms with Crippen LogP contribution in [0.3, 0.4) is 0 Å². The molecule has 0 bridgehead atoms. The third-order valence-corrected chi connectivity index (χ3v) is 2.63. The number of rotatable bonds is 7. The van der Waals surface area contributed by atoms with Gasteiger partial charge in [-0.2, -0.15) is 22.9 Å². The largest absolute Gasteiger partial charge is 1.00 e. The number of nitrogens with two attached hydrogens (primary N) is 2. The minimum atomic E-state index is -5.27. The SMILES string of the molecule is CC(C)(N=NC(C)(C)C(=N)N)C(=N)N.Cl.N.O=S(=O)([O-])OOS(=O)(=O)O.O=S(O)O.[Na+]. The first-order chi connectivity index (χ1) is 12.0. The summed E-state index contributed by atoms with van der Waals surface area (Å²) in [5, 5.41) is 22.3. The van der Waals surface area contributed by atoms with Crippen LogP contribution in [-0.2, 0) is 40.8 Å². The Bertz CT molecular complexity index is 740. The van der Waals surface area contributed by atoms with Crippen molar-refractivity contribution in [2.45, 2.75) is 38.8 Å². The van der Waals surface area contributed by atoms with E-state index in [0.717, 1.165) is 0 Å². The van der Waals surface area contributed by atoms with Gasteiger partial charge in [-0.05, 0) is 27.7 Å². The van der Waals surface area contributed by atoms with Crippen LogP contribution in [0.15, 0.2) is 10.2 Å². The molecule has 0 saturated carbocycles. The van der Waals surface area contributed by atoms with E-state index in [1.807, 2.05) is 0 Å². The first kappa shape index (κ1) is 44.3. The molecule has 23 heteroatoms. The number of hydrogen-bond acceptors (Lipinski definition) is 13. The maximum atomic E-state index is 9.48. The van der Waals surface area contributed by atoms with Gasteiger partial charge in [-0.25, -0.2) is 8.42 Å². The van der Waals surface area contributed by atoms with Crippen molar-refractivity contribution in [3.63, 3.8) is 0 Å². The van der Waals surface area contributed by atoms with Gasteiger partial charge in [-0.1, -0.05) is 8.67 Å². The van der Waals surface area contributed by atoms with Gasteiger partial charge < -0.3 is 22.2 Å². The zero-order valence-corrected chi connectivity index (χ0v) is 22.3. The molecule has 12 N–H and O–H groups in total. The molecule has 0 unspecified atom stereocenters. The van der Waals surface area contributed by atoms with Crippen LogP contribution < -0.4 is 47.2 Å². The van der Waals surface area contributed by atoms with E-state index < -0.39 is 43.2 Å². The Hall–Kier alpha value is -0.400. The molecule has 0 heterocycles. The van der Waals surface area contributed by atoms with Crippen molar-refractivity contribution < 1.29 is 77.5 Å². The fourth-order valence-corrected chi connectivity index (χ4v) is 0.980. The second-order valence-corrected chi connectivity index (χ2v) is 7.75. The van der Waals surface area contributed by atoms with Crippen LogP contribution in [-0.4, -0.2) is 62.0 Å². The fourth-order valence-electron chi connectivity index (χ4n) is 0.427. The maximum absolute atomic E-state index is 9.48. The molecule has 0 amide bonds. The number of nitrogens with one attached hydrogen (secondary N) is 2. The summed E-state index contributed by atoms with van der Waals surface area (Å²) in [4.78, 5) is 0. The Morgan fingerprint density at radius 3 is 1.29 bits per heavy atom. The molecule has 0 radical (unpaired) electrons. The van der Waals surface area contributed by atoms with Gasteiger partial charge in [-0.15, -0.1) is 12.4 Å². The molecule has 18 nitrogen and oxygen atoms in total. The number of amidine groups is 2. The molecule has 0 aliphatic heterocycles. The molecule has 0 fully saturated rings. The van der Waals surface area contributed by atoms with Crippen molar-refractivity contribution in [1.82, 2.24) is 6.15 Å². The summed E-state index contributed by atoms with van der Waals surface area (Å²) in [6.45, 7) is 6.70. The van der Waals surface area contributed by atoms with Crippen molar-refractivity contribution >= 4 is 56.2 Å². The first-order valence-electron chi connectivity index (χ1n) is 6.27. The Labute approximate surface area is 210 Å². The Kier molecular flexibility index (Phi) is 25.8. The maximum Gasteiger partial charge on any atom is 1.00 e. The van der Waals surface area contributed by atoms with Crippen LogP contribution in [0.5, 0.6) is 0 Å². The molecule has 31 heavy (non-hydrogen) atoms. The zero-order valence-electron chi connectivity index (χ0n) is 17.0. The molecule has 0 rings (SSSR count). The molecule has 0 aromatic heterocycles. The normalized spacial score (nSPS) is 11.4. The summed E-state index contributed by atoms with van der Waals surface area (Å²) in [5.74, 6) is -0.138. The second kappa shape index (κ2) is 18.1. The van der Waals surface area contributed by atoms with Gasteiger partial charge >= 0.3 is 40.0 Å². The number of halogens is 1. The third kappa shape index (κ3) is 34.4. The minimum absolute atomic E-state index is 0. The van der Waals surface area contributed by atoms with Crippen LogP contribution in [0.25, 0.3) is 0 Å². The van der Waals surface area contributed by atoms with Crippen LogP contribution in [0.4, 0.5) is 0 Å². The predicted molar refractivity (Wildman–Crippen MR) is 106 cm³/mol. The zero-order chi connectivity index (χ0) is 23.6. The molecule has 0 atom stereocenters. The van der Waals surface area contributed by atoms with E-state index in [4.69, 9.17) is 40.2 Å². The van der Waals surface area contributed by atoms with Gasteiger partial charge in [0, 0.05) is 0 Å². The van der Waals surface area contributed by atoms with E-state index in [2.05, 4.69) is 18.9 Å². The monoisotopic (exact) mass is 549 g/mol. The standard InChI is InChI=1S/C8H18N6.ClH.H3N.Na.H2O8S2.H2O3S/c1-7(2,5(9)10)13-14-8(3,4)6(11)12;;;;1-9(2,3)7-8-10(4,5)6;1-4(2)3/h1-4H3,(H3,9,10)(H3,11,12);1H;1H3;;(H,1,2,3)(H,4,5,6);(H2,1,2,3)/q;;;+1;;/p-1. The Morgan fingerprint density at radius 1 is 0.968 bits per heavy atom. The van der Waals surface area contributed by atoms with Gasteiger partial charge in [0.1, 0.15) is 22.7 Å². The molecule has 0 aliphatic carbocycles. The minimum Gasteiger partial charge on any atom is -0.724 e. The van der Waals surface area contributed by atoms with Gasteiger partial charge in [0.15, 0.2) is 0 Å². The summed E-state index contributed by atoms with van der Waals surface area (Å²) in [7, 11) is -10.3. The van der Waals surface area contributed by atoms with E-state index in [1.54, 1.807) is 27.7 Å². The van der Waals surface area contributed by atoms with Crippen LogP contribution >= 0.6 is 12.4 Å². The second-order valence-electron chi connectivity index (χ2n) is 5.35. The molecule has 0 aromatic rings. The van der Waals surface area contributed by atoms with E-state index >= 15 is 0 Å². The number of azo groups is 1. The number of hydrogen-bond donors (Lipinski definition) is 8. The third-order valence-electron chi connectivity index (χ3n) is 2.07. The van der Waals surface area contributed by atoms with Crippen molar-refractivity contribution in [2.75, 3.05) is 0 Å². The van der Waals surface area contributed by atoms with Gasteiger partial charge in [0.2, 0.25) is 10.4 Å². The summed E-state index contributed by atoms with van der Waals surface area (Å²) in [6.07, 6.45) is 0. The topological polar surface area (TPSA) is 347 Å². The molecule has 0 spiro atoms. The smallest absolute Gasteiger partial charge is 0.724 e. The summed E-state index contributed by atoms with van der Waals surface area (Å²) < 4.78 is 83.0. The Balaban J connectivity index is -0.0000000815. The molecule has 184 valence electrons. The van der Waals surface area contributed by atoms with Crippen LogP contribution in [0.1, 0.15) is 27.7 Å². The summed E-state index contributed by atoms with van der Waals surface area (Å²) >= 11 is -2.61. The molecule has 0 saturated heterocycles. The predicted octanol–water partition coefficient (Wildman–Crippen LogP) is -3.67. The summed E-state index contributed by atoms with van der Waals surface area (Å²) in [6, 6.07) is 0. The van der Waals surface area contributed by atoms with E-state index in [1.165, 1.54) is 0 Å². The average Bonchev–Trinajstić information content (AvgIpc) is 2.42. The van der Waals surface area contributed by atoms with Crippen LogP contribution in [0.2, 0.25) is 0 Å². The number of nitrogens with zero attached hydrogens (tertiary/aromatic N) is 2. The summed E-state index contributed by atoms with van der Waals surface area (Å²) in [5.41, 5.74) is 8.96.